The summed E-state index contributed by atoms with van der Waals surface area (Å²) in [4.78, 5) is 2.51. The van der Waals surface area contributed by atoms with E-state index in [1.54, 1.807) is 0 Å². The smallest absolute Gasteiger partial charge is 0.0714 e. The molecule has 0 N–H and O–H groups in total. The van der Waals surface area contributed by atoms with Gasteiger partial charge in [0.2, 0.25) is 0 Å². The van der Waals surface area contributed by atoms with Crippen molar-refractivity contribution in [2.45, 2.75) is 18.8 Å². The van der Waals surface area contributed by atoms with Crippen LogP contribution in [-0.4, -0.2) is 0 Å². The summed E-state index contributed by atoms with van der Waals surface area (Å²) in [6.45, 7) is 2.30. The quantitative estimate of drug-likeness (QED) is 0.148. The molecule has 1 heteroatoms. The Hall–Kier alpha value is -7.48. The predicted molar refractivity (Wildman–Crippen MR) is 258 cm³/mol. The van der Waals surface area contributed by atoms with Crippen LogP contribution in [0.2, 0.25) is 0 Å². The Morgan fingerprint density at radius 2 is 1.03 bits per heavy atom. The van der Waals surface area contributed by atoms with Crippen LogP contribution in [0.15, 0.2) is 237 Å². The maximum atomic E-state index is 2.51. The van der Waals surface area contributed by atoms with Gasteiger partial charge in [0.25, 0.3) is 0 Å². The van der Waals surface area contributed by atoms with E-state index in [2.05, 4.69) is 248 Å². The zero-order chi connectivity index (χ0) is 40.8. The second kappa shape index (κ2) is 15.3. The summed E-state index contributed by atoms with van der Waals surface area (Å²) in [5, 5.41) is 2.42. The molecule has 0 aromatic heterocycles. The topological polar surface area (TPSA) is 3.24 Å². The number of hydrogen-bond acceptors (Lipinski definition) is 1. The lowest BCUT2D eigenvalue weighted by Crippen LogP contribution is -2.28. The third kappa shape index (κ3) is 6.16. The van der Waals surface area contributed by atoms with Crippen molar-refractivity contribution in [1.82, 2.24) is 0 Å². The van der Waals surface area contributed by atoms with Crippen LogP contribution in [0, 0.1) is 5.92 Å². The lowest BCUT2D eigenvalue weighted by atomic mass is 9.68. The normalized spacial score (nSPS) is 14.9. The van der Waals surface area contributed by atoms with E-state index < -0.39 is 5.41 Å². The molecule has 11 rings (SSSR count). The highest BCUT2D eigenvalue weighted by Gasteiger charge is 2.47. The molecule has 1 nitrogen and oxygen atoms in total. The zero-order valence-corrected chi connectivity index (χ0v) is 34.2. The van der Waals surface area contributed by atoms with E-state index in [0.717, 1.165) is 23.5 Å². The van der Waals surface area contributed by atoms with Crippen molar-refractivity contribution >= 4 is 33.4 Å². The molecular weight excluding hydrogens is 735 g/mol. The first kappa shape index (κ1) is 36.6. The maximum Gasteiger partial charge on any atom is 0.0714 e. The lowest BCUT2D eigenvalue weighted by molar-refractivity contribution is 0.740. The van der Waals surface area contributed by atoms with E-state index in [9.17, 15) is 0 Å². The van der Waals surface area contributed by atoms with Gasteiger partial charge in [-0.3, -0.25) is 0 Å². The van der Waals surface area contributed by atoms with Gasteiger partial charge in [-0.25, -0.2) is 0 Å². The third-order valence-electron chi connectivity index (χ3n) is 12.9. The minimum atomic E-state index is -0.509. The Labute approximate surface area is 359 Å². The molecule has 0 spiro atoms. The van der Waals surface area contributed by atoms with Crippen LogP contribution in [0.3, 0.4) is 0 Å². The molecule has 0 bridgehead atoms. The van der Waals surface area contributed by atoms with E-state index in [1.807, 2.05) is 0 Å². The fourth-order valence-corrected chi connectivity index (χ4v) is 10.1. The Morgan fingerprint density at radius 3 is 1.77 bits per heavy atom. The van der Waals surface area contributed by atoms with E-state index in [4.69, 9.17) is 0 Å². The molecule has 1 unspecified atom stereocenters. The Morgan fingerprint density at radius 1 is 0.443 bits per heavy atom. The summed E-state index contributed by atoms with van der Waals surface area (Å²) < 4.78 is 0. The molecule has 2 aliphatic rings. The van der Waals surface area contributed by atoms with Crippen LogP contribution in [-0.2, 0) is 5.41 Å². The first-order valence-corrected chi connectivity index (χ1v) is 21.5. The van der Waals surface area contributed by atoms with Crippen molar-refractivity contribution in [2.24, 2.45) is 5.92 Å². The molecule has 9 aromatic rings. The van der Waals surface area contributed by atoms with Gasteiger partial charge in [0.05, 0.1) is 16.8 Å². The summed E-state index contributed by atoms with van der Waals surface area (Å²) in [5.41, 5.74) is 17.9. The molecule has 290 valence electrons. The second-order valence-corrected chi connectivity index (χ2v) is 16.5. The summed E-state index contributed by atoms with van der Waals surface area (Å²) in [6, 6.07) is 80.7. The minimum absolute atomic E-state index is 0.509. The fraction of sp³-hybridized carbons (Fsp3) is 0.0667. The molecule has 0 saturated heterocycles. The van der Waals surface area contributed by atoms with E-state index in [1.165, 1.54) is 77.5 Å². The third-order valence-corrected chi connectivity index (χ3v) is 12.9. The molecule has 1 atom stereocenters. The summed E-state index contributed by atoms with van der Waals surface area (Å²) in [6.07, 6.45) is 8.08. The average Bonchev–Trinajstić information content (AvgIpc) is 3.64. The monoisotopic (exact) mass is 779 g/mol. The number of anilines is 3. The highest BCUT2D eigenvalue weighted by molar-refractivity contribution is 6.08. The van der Waals surface area contributed by atoms with Gasteiger partial charge >= 0.3 is 0 Å². The summed E-state index contributed by atoms with van der Waals surface area (Å²) in [7, 11) is 0. The van der Waals surface area contributed by atoms with E-state index in [-0.39, 0.29) is 0 Å². The molecule has 9 aromatic carbocycles. The van der Waals surface area contributed by atoms with Crippen molar-refractivity contribution in [1.29, 1.82) is 0 Å². The fourth-order valence-electron chi connectivity index (χ4n) is 10.1. The number of fused-ring (bicyclic) bond motifs is 4. The highest BCUT2D eigenvalue weighted by Crippen LogP contribution is 2.60. The minimum Gasteiger partial charge on any atom is -0.309 e. The maximum absolute atomic E-state index is 2.51. The van der Waals surface area contributed by atoms with Crippen LogP contribution in [0.1, 0.15) is 41.2 Å². The zero-order valence-electron chi connectivity index (χ0n) is 34.2. The molecule has 0 heterocycles. The predicted octanol–water partition coefficient (Wildman–Crippen LogP) is 16.0. The molecule has 0 amide bonds. The number of benzene rings is 9. The second-order valence-electron chi connectivity index (χ2n) is 16.5. The van der Waals surface area contributed by atoms with Gasteiger partial charge in [-0.1, -0.05) is 213 Å². The van der Waals surface area contributed by atoms with Crippen molar-refractivity contribution in [2.75, 3.05) is 4.90 Å². The highest BCUT2D eigenvalue weighted by atomic mass is 15.1. The molecule has 0 aliphatic heterocycles. The van der Waals surface area contributed by atoms with Gasteiger partial charge in [0, 0.05) is 16.6 Å². The molecule has 2 aliphatic carbocycles. The van der Waals surface area contributed by atoms with Crippen molar-refractivity contribution < 1.29 is 0 Å². The van der Waals surface area contributed by atoms with E-state index in [0.29, 0.717) is 5.92 Å². The number of rotatable bonds is 8. The molecule has 0 saturated carbocycles. The Kier molecular flexibility index (Phi) is 9.16. The van der Waals surface area contributed by atoms with Gasteiger partial charge in [0.1, 0.15) is 0 Å². The average molecular weight is 780 g/mol. The van der Waals surface area contributed by atoms with Crippen molar-refractivity contribution in [3.05, 3.63) is 264 Å². The molecule has 61 heavy (non-hydrogen) atoms. The van der Waals surface area contributed by atoms with Gasteiger partial charge in [-0.15, -0.1) is 0 Å². The van der Waals surface area contributed by atoms with Crippen molar-refractivity contribution in [3.63, 3.8) is 0 Å². The van der Waals surface area contributed by atoms with Gasteiger partial charge in [-0.05, 0) is 109 Å². The van der Waals surface area contributed by atoms with Crippen LogP contribution in [0.5, 0.6) is 0 Å². The Bertz CT molecular complexity index is 3060. The van der Waals surface area contributed by atoms with Crippen LogP contribution < -0.4 is 4.90 Å². The van der Waals surface area contributed by atoms with Gasteiger partial charge in [-0.2, -0.15) is 0 Å². The molecule has 0 fully saturated rings. The standard InChI is InChI=1S/C60H45N/c1-42-18-15-21-45(40-42)46-22-16-23-47(41-46)51-38-39-57(53-29-12-11-28-52(51)53)61(50-36-34-44(35-37-50)43-19-5-2-6-20-43)58-33-17-32-56-59(58)54-30-13-14-31-55(54)60(56,48-24-7-3-8-25-48)49-26-9-4-10-27-49/h2-17,19-42H,18H2,1H3. The molecular formula is C60H45N. The van der Waals surface area contributed by atoms with Gasteiger partial charge < -0.3 is 4.90 Å². The number of nitrogens with zero attached hydrogens (tertiary/aromatic N) is 1. The molecule has 0 radical (unpaired) electrons. The SMILES string of the molecule is CC1C=C(c2cccc(-c3ccc(N(c4ccc(-c5ccccc5)cc4)c4cccc5c4-c4ccccc4C5(c4ccccc4)c4ccccc4)c4ccccc34)c2)C=CC1. The van der Waals surface area contributed by atoms with Crippen LogP contribution in [0.25, 0.3) is 49.7 Å². The van der Waals surface area contributed by atoms with Gasteiger partial charge in [0.15, 0.2) is 0 Å². The lowest BCUT2D eigenvalue weighted by Gasteiger charge is -2.34. The van der Waals surface area contributed by atoms with Crippen molar-refractivity contribution in [3.8, 4) is 33.4 Å². The van der Waals surface area contributed by atoms with Crippen LogP contribution >= 0.6 is 0 Å². The van der Waals surface area contributed by atoms with Crippen LogP contribution in [0.4, 0.5) is 17.1 Å². The largest absolute Gasteiger partial charge is 0.309 e. The first-order valence-electron chi connectivity index (χ1n) is 21.5. The summed E-state index contributed by atoms with van der Waals surface area (Å²) >= 11 is 0. The first-order chi connectivity index (χ1) is 30.2. The number of hydrogen-bond donors (Lipinski definition) is 0. The van der Waals surface area contributed by atoms with E-state index >= 15 is 0 Å². The summed E-state index contributed by atoms with van der Waals surface area (Å²) in [5.74, 6) is 0.536. The number of allylic oxidation sites excluding steroid dienone is 4. The Balaban J connectivity index is 1.16.